The van der Waals surface area contributed by atoms with Crippen LogP contribution in [-0.4, -0.2) is 29.3 Å². The molecule has 0 saturated heterocycles. The molecule has 2 rings (SSSR count). The maximum Gasteiger partial charge on any atom is 0.307 e. The second kappa shape index (κ2) is 7.09. The summed E-state index contributed by atoms with van der Waals surface area (Å²) in [6.45, 7) is 4.97. The molecular formula is C16H14N3O3+. The molecule has 0 aliphatic heterocycles. The number of Topliss-reactive ketones (excluding diaryl/α,β-unsaturated/α-hetero) is 2. The molecule has 0 amide bonds. The fourth-order valence-corrected chi connectivity index (χ4v) is 1.94. The van der Waals surface area contributed by atoms with E-state index in [1.807, 2.05) is 0 Å². The first kappa shape index (κ1) is 15.3. The Balaban J connectivity index is 2.01. The van der Waals surface area contributed by atoms with E-state index in [1.165, 1.54) is 25.7 Å². The van der Waals surface area contributed by atoms with Gasteiger partial charge in [-0.3, -0.25) is 14.6 Å². The van der Waals surface area contributed by atoms with Gasteiger partial charge in [0.15, 0.2) is 23.5 Å². The number of nitrogens with zero attached hydrogens (tertiary/aromatic N) is 3. The molecule has 0 aliphatic rings. The number of rotatable bonds is 6. The predicted molar refractivity (Wildman–Crippen MR) is 83.4 cm³/mol. The van der Waals surface area contributed by atoms with E-state index in [0.717, 1.165) is 0 Å². The zero-order chi connectivity index (χ0) is 15.9. The Morgan fingerprint density at radius 3 is 2.95 bits per heavy atom. The summed E-state index contributed by atoms with van der Waals surface area (Å²) in [6.07, 6.45) is 4.17. The highest BCUT2D eigenvalue weighted by molar-refractivity contribution is 6.44. The summed E-state index contributed by atoms with van der Waals surface area (Å²) in [5.74, 6) is -0.376. The smallest absolute Gasteiger partial charge is 0.307 e. The van der Waals surface area contributed by atoms with E-state index in [0.29, 0.717) is 16.7 Å². The second-order valence-electron chi connectivity index (χ2n) is 4.45. The van der Waals surface area contributed by atoms with Gasteiger partial charge in [-0.1, -0.05) is 0 Å². The number of aliphatic imine (C=N–C) groups is 1. The van der Waals surface area contributed by atoms with Crippen molar-refractivity contribution in [3.05, 3.63) is 47.3 Å². The fraction of sp³-hybridized carbons (Fsp3) is 0.188. The SMILES string of the molecule is C#[N+]C=CC(=NC)C(=O)CCC(=O)c1ccc2ocnc2c1. The van der Waals surface area contributed by atoms with Crippen LogP contribution in [-0.2, 0) is 4.79 Å². The molecule has 1 aromatic heterocycles. The normalized spacial score (nSPS) is 11.7. The van der Waals surface area contributed by atoms with E-state index in [4.69, 9.17) is 11.0 Å². The van der Waals surface area contributed by atoms with E-state index in [-0.39, 0.29) is 30.1 Å². The first-order valence-electron chi connectivity index (χ1n) is 6.58. The number of allylic oxidation sites excluding steroid dienone is 1. The number of carbonyl (C=O) groups is 2. The van der Waals surface area contributed by atoms with Crippen molar-refractivity contribution in [2.45, 2.75) is 12.8 Å². The average Bonchev–Trinajstić information content (AvgIpc) is 3.00. The van der Waals surface area contributed by atoms with Crippen LogP contribution in [0.2, 0.25) is 0 Å². The molecule has 1 heterocycles. The maximum absolute atomic E-state index is 12.1. The lowest BCUT2D eigenvalue weighted by molar-refractivity contribution is -0.112. The van der Waals surface area contributed by atoms with E-state index >= 15 is 0 Å². The van der Waals surface area contributed by atoms with Gasteiger partial charge in [-0.15, -0.1) is 0 Å². The van der Waals surface area contributed by atoms with Crippen LogP contribution in [0.15, 0.2) is 46.3 Å². The molecule has 22 heavy (non-hydrogen) atoms. The minimum atomic E-state index is -0.238. The van der Waals surface area contributed by atoms with Crippen molar-refractivity contribution in [2.75, 3.05) is 7.05 Å². The Labute approximate surface area is 127 Å². The van der Waals surface area contributed by atoms with Crippen LogP contribution in [0.4, 0.5) is 0 Å². The van der Waals surface area contributed by atoms with Crippen LogP contribution in [0.25, 0.3) is 15.9 Å². The number of hydrogen-bond donors (Lipinski definition) is 0. The quantitative estimate of drug-likeness (QED) is 0.606. The van der Waals surface area contributed by atoms with Crippen LogP contribution >= 0.6 is 0 Å². The highest BCUT2D eigenvalue weighted by atomic mass is 16.3. The van der Waals surface area contributed by atoms with Crippen molar-refractivity contribution in [3.63, 3.8) is 0 Å². The Kier molecular flexibility index (Phi) is 4.94. The third-order valence-corrected chi connectivity index (χ3v) is 3.08. The lowest BCUT2D eigenvalue weighted by Gasteiger charge is -2.01. The molecule has 0 saturated carbocycles. The van der Waals surface area contributed by atoms with Gasteiger partial charge in [-0.2, -0.15) is 0 Å². The Bertz CT molecular complexity index is 809. The van der Waals surface area contributed by atoms with Crippen molar-refractivity contribution in [1.82, 2.24) is 4.98 Å². The average molecular weight is 296 g/mol. The number of ketones is 2. The van der Waals surface area contributed by atoms with E-state index in [1.54, 1.807) is 18.2 Å². The van der Waals surface area contributed by atoms with Crippen molar-refractivity contribution in [3.8, 4) is 6.57 Å². The fourth-order valence-electron chi connectivity index (χ4n) is 1.94. The standard InChI is InChI=1S/C16H14N3O3/c1-17-8-7-12(18-2)15(21)5-4-14(20)11-3-6-16-13(9-11)19-10-22-16/h1,3,6-10H,4-5H2,2H3/q+1. The molecule has 0 bridgehead atoms. The van der Waals surface area contributed by atoms with E-state index < -0.39 is 0 Å². The molecule has 0 spiro atoms. The molecule has 6 heteroatoms. The van der Waals surface area contributed by atoms with Gasteiger partial charge in [0, 0.05) is 25.5 Å². The van der Waals surface area contributed by atoms with Gasteiger partial charge in [0.2, 0.25) is 0 Å². The summed E-state index contributed by atoms with van der Waals surface area (Å²) in [4.78, 5) is 35.2. The van der Waals surface area contributed by atoms with Gasteiger partial charge < -0.3 is 4.42 Å². The Morgan fingerprint density at radius 1 is 1.41 bits per heavy atom. The number of carbonyl (C=O) groups excluding carboxylic acids is 2. The van der Waals surface area contributed by atoms with Gasteiger partial charge in [0.1, 0.15) is 11.2 Å². The van der Waals surface area contributed by atoms with Crippen molar-refractivity contribution in [2.24, 2.45) is 4.99 Å². The lowest BCUT2D eigenvalue weighted by Crippen LogP contribution is -2.13. The summed E-state index contributed by atoms with van der Waals surface area (Å²) in [5, 5.41) is 0. The molecule has 0 radical (unpaired) electrons. The molecule has 0 N–H and O–H groups in total. The third kappa shape index (κ3) is 3.52. The minimum absolute atomic E-state index is 0.0667. The summed E-state index contributed by atoms with van der Waals surface area (Å²) in [5.41, 5.74) is 1.95. The Morgan fingerprint density at radius 2 is 2.23 bits per heavy atom. The second-order valence-corrected chi connectivity index (χ2v) is 4.45. The Hall–Kier alpha value is -3.07. The van der Waals surface area contributed by atoms with Crippen LogP contribution < -0.4 is 0 Å². The van der Waals surface area contributed by atoms with Crippen molar-refractivity contribution in [1.29, 1.82) is 0 Å². The van der Waals surface area contributed by atoms with Crippen LogP contribution in [0, 0.1) is 6.57 Å². The van der Waals surface area contributed by atoms with Gasteiger partial charge in [-0.25, -0.2) is 4.98 Å². The summed E-state index contributed by atoms with van der Waals surface area (Å²) < 4.78 is 5.12. The molecule has 110 valence electrons. The van der Waals surface area contributed by atoms with Crippen LogP contribution in [0.5, 0.6) is 0 Å². The predicted octanol–water partition coefficient (Wildman–Crippen LogP) is 2.91. The molecule has 0 unspecified atom stereocenters. The summed E-state index contributed by atoms with van der Waals surface area (Å²) >= 11 is 0. The number of oxazole rings is 1. The number of fused-ring (bicyclic) bond motifs is 1. The molecule has 0 atom stereocenters. The van der Waals surface area contributed by atoms with Gasteiger partial charge in [0.05, 0.1) is 6.08 Å². The first-order valence-corrected chi connectivity index (χ1v) is 6.58. The van der Waals surface area contributed by atoms with E-state index in [2.05, 4.69) is 14.8 Å². The van der Waals surface area contributed by atoms with Crippen molar-refractivity contribution < 1.29 is 14.0 Å². The lowest BCUT2D eigenvalue weighted by atomic mass is 10.0. The summed E-state index contributed by atoms with van der Waals surface area (Å²) in [7, 11) is 1.49. The maximum atomic E-state index is 12.1. The zero-order valence-corrected chi connectivity index (χ0v) is 12.0. The highest BCUT2D eigenvalue weighted by Gasteiger charge is 2.14. The van der Waals surface area contributed by atoms with Crippen LogP contribution in [0.3, 0.4) is 0 Å². The van der Waals surface area contributed by atoms with Crippen LogP contribution in [0.1, 0.15) is 23.2 Å². The van der Waals surface area contributed by atoms with Gasteiger partial charge >= 0.3 is 6.20 Å². The number of benzene rings is 1. The molecule has 2 aromatic rings. The third-order valence-electron chi connectivity index (χ3n) is 3.08. The first-order chi connectivity index (χ1) is 10.7. The number of aromatic nitrogens is 1. The highest BCUT2D eigenvalue weighted by Crippen LogP contribution is 2.16. The molecule has 0 fully saturated rings. The zero-order valence-electron chi connectivity index (χ0n) is 12.0. The number of hydrogen-bond acceptors (Lipinski definition) is 5. The molecule has 0 aliphatic carbocycles. The molecule has 6 nitrogen and oxygen atoms in total. The van der Waals surface area contributed by atoms with Gasteiger partial charge in [0.25, 0.3) is 6.57 Å². The van der Waals surface area contributed by atoms with E-state index in [9.17, 15) is 9.59 Å². The topological polar surface area (TPSA) is 76.9 Å². The molecule has 1 aromatic carbocycles. The minimum Gasteiger partial charge on any atom is -0.443 e. The summed E-state index contributed by atoms with van der Waals surface area (Å²) in [6, 6.07) is 4.98. The monoisotopic (exact) mass is 296 g/mol. The van der Waals surface area contributed by atoms with Crippen molar-refractivity contribution >= 4 is 28.4 Å². The molecular weight excluding hydrogens is 282 g/mol. The largest absolute Gasteiger partial charge is 0.443 e. The van der Waals surface area contributed by atoms with Gasteiger partial charge in [-0.05, 0) is 23.0 Å².